The van der Waals surface area contributed by atoms with E-state index >= 15 is 0 Å². The fourth-order valence-corrected chi connectivity index (χ4v) is 3.55. The van der Waals surface area contributed by atoms with Gasteiger partial charge < -0.3 is 15.1 Å². The van der Waals surface area contributed by atoms with Crippen molar-refractivity contribution >= 4 is 39.9 Å². The summed E-state index contributed by atoms with van der Waals surface area (Å²) < 4.78 is 38.8. The highest BCUT2D eigenvalue weighted by atomic mass is 32.1. The van der Waals surface area contributed by atoms with Crippen molar-refractivity contribution in [1.82, 2.24) is 14.9 Å². The summed E-state index contributed by atoms with van der Waals surface area (Å²) in [6.07, 6.45) is -2.66. The Bertz CT molecular complexity index is 1030. The number of piperazine rings is 1. The molecule has 4 rings (SSSR count). The average Bonchev–Trinajstić information content (AvgIpc) is 2.73. The number of nitrogens with zero attached hydrogens (tertiary/aromatic N) is 4. The number of halogens is 3. The van der Waals surface area contributed by atoms with E-state index in [1.807, 2.05) is 34.1 Å². The van der Waals surface area contributed by atoms with E-state index in [1.54, 1.807) is 12.3 Å². The summed E-state index contributed by atoms with van der Waals surface area (Å²) in [5, 5.41) is 4.61. The molecule has 1 fully saturated rings. The lowest BCUT2D eigenvalue weighted by atomic mass is 10.1. The van der Waals surface area contributed by atoms with E-state index in [9.17, 15) is 13.2 Å². The van der Waals surface area contributed by atoms with Gasteiger partial charge in [-0.05, 0) is 54.7 Å². The molecule has 0 spiro atoms. The number of alkyl halides is 3. The number of hydrogen-bond acceptors (Lipinski definition) is 4. The number of fused-ring (bicyclic) bond motifs is 1. The summed E-state index contributed by atoms with van der Waals surface area (Å²) in [6, 6.07) is 13.0. The van der Waals surface area contributed by atoms with Crippen LogP contribution in [0.1, 0.15) is 5.56 Å². The van der Waals surface area contributed by atoms with Crippen LogP contribution in [-0.4, -0.2) is 46.2 Å². The van der Waals surface area contributed by atoms with Crippen LogP contribution in [0.25, 0.3) is 11.0 Å². The van der Waals surface area contributed by atoms with Gasteiger partial charge in [0, 0.05) is 43.4 Å². The fraction of sp³-hybridized carbons (Fsp3) is 0.250. The summed E-state index contributed by atoms with van der Waals surface area (Å²) in [7, 11) is 0. The van der Waals surface area contributed by atoms with E-state index in [2.05, 4.69) is 15.3 Å². The van der Waals surface area contributed by atoms with Crippen molar-refractivity contribution in [1.29, 1.82) is 0 Å². The number of thiocarbonyl (C=S) groups is 1. The topological polar surface area (TPSA) is 44.3 Å². The number of rotatable bonds is 2. The summed E-state index contributed by atoms with van der Waals surface area (Å²) in [4.78, 5) is 12.6. The lowest BCUT2D eigenvalue weighted by Gasteiger charge is -2.37. The predicted octanol–water partition coefficient (Wildman–Crippen LogP) is 4.17. The van der Waals surface area contributed by atoms with Gasteiger partial charge in [0.15, 0.2) is 10.8 Å². The van der Waals surface area contributed by atoms with Gasteiger partial charge in [-0.2, -0.15) is 13.2 Å². The standard InChI is InChI=1S/C20H18F3N5S/c21-20(22,23)15-4-1-5-16(13-15)27-9-11-28(12-10-27)19(29)26-17-7-6-14-3-2-8-24-18(14)25-17/h1-8,13H,9-12H2,(H,24,25,26,29). The molecule has 0 saturated carbocycles. The van der Waals surface area contributed by atoms with Crippen LogP contribution in [0.3, 0.4) is 0 Å². The molecular formula is C20H18F3N5S. The highest BCUT2D eigenvalue weighted by Gasteiger charge is 2.31. The molecule has 1 N–H and O–H groups in total. The average molecular weight is 417 g/mol. The Kier molecular flexibility index (Phi) is 5.23. The number of hydrogen-bond donors (Lipinski definition) is 1. The zero-order chi connectivity index (χ0) is 20.4. The second kappa shape index (κ2) is 7.82. The molecule has 150 valence electrons. The van der Waals surface area contributed by atoms with E-state index in [-0.39, 0.29) is 0 Å². The summed E-state index contributed by atoms with van der Waals surface area (Å²) in [6.45, 7) is 2.37. The van der Waals surface area contributed by atoms with Crippen molar-refractivity contribution in [2.75, 3.05) is 36.4 Å². The Balaban J connectivity index is 1.38. The van der Waals surface area contributed by atoms with Gasteiger partial charge in [-0.3, -0.25) is 0 Å². The predicted molar refractivity (Wildman–Crippen MR) is 111 cm³/mol. The number of nitrogens with one attached hydrogen (secondary N) is 1. The molecule has 2 aromatic heterocycles. The molecular weight excluding hydrogens is 399 g/mol. The van der Waals surface area contributed by atoms with Crippen LogP contribution in [0.4, 0.5) is 24.7 Å². The SMILES string of the molecule is FC(F)(F)c1cccc(N2CCN(C(=S)Nc3ccc4cccnc4n3)CC2)c1. The van der Waals surface area contributed by atoms with Gasteiger partial charge in [0.05, 0.1) is 5.56 Å². The summed E-state index contributed by atoms with van der Waals surface area (Å²) >= 11 is 5.49. The normalized spacial score (nSPS) is 14.9. The fourth-order valence-electron chi connectivity index (χ4n) is 3.26. The van der Waals surface area contributed by atoms with Gasteiger partial charge in [0.1, 0.15) is 5.82 Å². The third-order valence-corrected chi connectivity index (χ3v) is 5.16. The van der Waals surface area contributed by atoms with Crippen molar-refractivity contribution in [3.63, 3.8) is 0 Å². The molecule has 0 atom stereocenters. The second-order valence-electron chi connectivity index (χ2n) is 6.70. The number of benzene rings is 1. The molecule has 0 aliphatic carbocycles. The number of aromatic nitrogens is 2. The first-order valence-corrected chi connectivity index (χ1v) is 9.51. The van der Waals surface area contributed by atoms with Crippen LogP contribution in [0.15, 0.2) is 54.7 Å². The van der Waals surface area contributed by atoms with Crippen molar-refractivity contribution in [2.24, 2.45) is 0 Å². The third kappa shape index (κ3) is 4.40. The van der Waals surface area contributed by atoms with E-state index in [4.69, 9.17) is 12.2 Å². The molecule has 1 saturated heterocycles. The quantitative estimate of drug-likeness (QED) is 0.632. The zero-order valence-corrected chi connectivity index (χ0v) is 16.2. The highest BCUT2D eigenvalue weighted by molar-refractivity contribution is 7.80. The van der Waals surface area contributed by atoms with Gasteiger partial charge >= 0.3 is 6.18 Å². The molecule has 0 unspecified atom stereocenters. The first-order chi connectivity index (χ1) is 13.9. The van der Waals surface area contributed by atoms with Crippen LogP contribution in [0.5, 0.6) is 0 Å². The van der Waals surface area contributed by atoms with E-state index < -0.39 is 11.7 Å². The second-order valence-corrected chi connectivity index (χ2v) is 7.09. The largest absolute Gasteiger partial charge is 0.416 e. The molecule has 29 heavy (non-hydrogen) atoms. The van der Waals surface area contributed by atoms with Gasteiger partial charge in [-0.25, -0.2) is 9.97 Å². The Morgan fingerprint density at radius 3 is 2.55 bits per heavy atom. The van der Waals surface area contributed by atoms with Gasteiger partial charge in [-0.15, -0.1) is 0 Å². The number of anilines is 2. The zero-order valence-electron chi connectivity index (χ0n) is 15.4. The smallest absolute Gasteiger partial charge is 0.368 e. The van der Waals surface area contributed by atoms with Crippen LogP contribution >= 0.6 is 12.2 Å². The minimum Gasteiger partial charge on any atom is -0.368 e. The Labute approximate surface area is 171 Å². The molecule has 0 amide bonds. The minimum atomic E-state index is -4.34. The Morgan fingerprint density at radius 1 is 1.00 bits per heavy atom. The van der Waals surface area contributed by atoms with E-state index in [0.29, 0.717) is 48.4 Å². The maximum Gasteiger partial charge on any atom is 0.416 e. The van der Waals surface area contributed by atoms with Crippen LogP contribution in [0, 0.1) is 0 Å². The number of pyridine rings is 2. The lowest BCUT2D eigenvalue weighted by molar-refractivity contribution is -0.137. The summed E-state index contributed by atoms with van der Waals surface area (Å²) in [5.74, 6) is 0.613. The minimum absolute atomic E-state index is 0.538. The first kappa shape index (κ1) is 19.4. The van der Waals surface area contributed by atoms with Gasteiger partial charge in [0.2, 0.25) is 0 Å². The van der Waals surface area contributed by atoms with E-state index in [0.717, 1.165) is 11.5 Å². The van der Waals surface area contributed by atoms with E-state index in [1.165, 1.54) is 12.1 Å². The van der Waals surface area contributed by atoms with Crippen molar-refractivity contribution in [3.05, 3.63) is 60.3 Å². The maximum atomic E-state index is 12.9. The third-order valence-electron chi connectivity index (χ3n) is 4.80. The van der Waals surface area contributed by atoms with Crippen molar-refractivity contribution < 1.29 is 13.2 Å². The monoisotopic (exact) mass is 417 g/mol. The first-order valence-electron chi connectivity index (χ1n) is 9.10. The Hall–Kier alpha value is -2.94. The van der Waals surface area contributed by atoms with Gasteiger partial charge in [0.25, 0.3) is 0 Å². The van der Waals surface area contributed by atoms with Gasteiger partial charge in [-0.1, -0.05) is 6.07 Å². The molecule has 0 radical (unpaired) electrons. The molecule has 9 heteroatoms. The highest BCUT2D eigenvalue weighted by Crippen LogP contribution is 2.31. The molecule has 1 aromatic carbocycles. The van der Waals surface area contributed by atoms with Crippen LogP contribution < -0.4 is 10.2 Å². The molecule has 1 aliphatic rings. The molecule has 5 nitrogen and oxygen atoms in total. The van der Waals surface area contributed by atoms with Crippen LogP contribution in [-0.2, 0) is 6.18 Å². The van der Waals surface area contributed by atoms with Crippen LogP contribution in [0.2, 0.25) is 0 Å². The summed E-state index contributed by atoms with van der Waals surface area (Å²) in [5.41, 5.74) is 0.570. The van der Waals surface area contributed by atoms with Crippen molar-refractivity contribution in [3.8, 4) is 0 Å². The van der Waals surface area contributed by atoms with Crippen molar-refractivity contribution in [2.45, 2.75) is 6.18 Å². The molecule has 0 bridgehead atoms. The lowest BCUT2D eigenvalue weighted by Crippen LogP contribution is -2.50. The Morgan fingerprint density at radius 2 is 1.79 bits per heavy atom. The molecule has 3 aromatic rings. The molecule has 3 heterocycles. The maximum absolute atomic E-state index is 12.9. The molecule has 1 aliphatic heterocycles.